The molecule has 0 amide bonds. The highest BCUT2D eigenvalue weighted by molar-refractivity contribution is 6.18. The first-order valence-electron chi connectivity index (χ1n) is 24.5. The molecule has 338 valence electrons. The summed E-state index contributed by atoms with van der Waals surface area (Å²) in [5.74, 6) is 0.661. The molecule has 3 heteroatoms. The Balaban J connectivity index is 1.28. The van der Waals surface area contributed by atoms with Crippen molar-refractivity contribution in [3.8, 4) is 95.2 Å². The monoisotopic (exact) mass is 909 g/mol. The molecule has 0 aliphatic rings. The van der Waals surface area contributed by atoms with Crippen LogP contribution in [-0.2, 0) is 5.41 Å². The molecule has 12 rings (SSSR count). The molecule has 0 bridgehead atoms. The van der Waals surface area contributed by atoms with E-state index in [1.807, 2.05) is 0 Å². The number of rotatable bonds is 9. The fourth-order valence-electron chi connectivity index (χ4n) is 10.3. The largest absolute Gasteiger partial charge is 0.307 e. The average molecular weight is 910 g/mol. The second kappa shape index (κ2) is 18.2. The van der Waals surface area contributed by atoms with E-state index < -0.39 is 0 Å². The Kier molecular flexibility index (Phi) is 11.1. The molecule has 0 atom stereocenters. The molecule has 0 aliphatic heterocycles. The van der Waals surface area contributed by atoms with Crippen molar-refractivity contribution in [2.24, 2.45) is 0 Å². The normalized spacial score (nSPS) is 11.6. The lowest BCUT2D eigenvalue weighted by Gasteiger charge is -2.26. The van der Waals surface area contributed by atoms with E-state index in [1.54, 1.807) is 0 Å². The first kappa shape index (κ1) is 43.4. The van der Waals surface area contributed by atoms with E-state index in [4.69, 9.17) is 9.97 Å². The summed E-state index contributed by atoms with van der Waals surface area (Å²) in [7, 11) is 0. The number of fused-ring (bicyclic) bond motifs is 3. The third-order valence-electron chi connectivity index (χ3n) is 13.7. The van der Waals surface area contributed by atoms with Crippen LogP contribution in [0.3, 0.4) is 0 Å². The van der Waals surface area contributed by atoms with Gasteiger partial charge >= 0.3 is 0 Å². The van der Waals surface area contributed by atoms with Gasteiger partial charge in [-0.25, -0.2) is 9.97 Å². The van der Waals surface area contributed by atoms with Crippen molar-refractivity contribution in [2.45, 2.75) is 26.2 Å². The third kappa shape index (κ3) is 8.22. The SMILES string of the molecule is CC(C)(C)c1cc(-c2ccccc2)cc2c3cc(-c4ccccc4)cc(-c4ccccc4)c3n(-c3c(-c4ccccc4)cc(-c4nc(-c5ccccc5)cc(-c5ccccc5)n4)cc3-c3ccccc3)c12. The minimum atomic E-state index is -0.260. The highest BCUT2D eigenvalue weighted by Crippen LogP contribution is 2.50. The highest BCUT2D eigenvalue weighted by atomic mass is 15.0. The van der Waals surface area contributed by atoms with Crippen LogP contribution in [0.25, 0.3) is 117 Å². The molecule has 0 saturated carbocycles. The lowest BCUT2D eigenvalue weighted by atomic mass is 9.83. The van der Waals surface area contributed by atoms with Crippen molar-refractivity contribution in [1.82, 2.24) is 14.5 Å². The topological polar surface area (TPSA) is 30.7 Å². The summed E-state index contributed by atoms with van der Waals surface area (Å²) in [4.78, 5) is 10.8. The molecular weight excluding hydrogens is 859 g/mol. The van der Waals surface area contributed by atoms with Gasteiger partial charge in [-0.2, -0.15) is 0 Å². The Morgan fingerprint density at radius 3 is 1.04 bits per heavy atom. The maximum Gasteiger partial charge on any atom is 0.160 e. The van der Waals surface area contributed by atoms with Gasteiger partial charge in [0.05, 0.1) is 28.1 Å². The van der Waals surface area contributed by atoms with Crippen molar-refractivity contribution in [1.29, 1.82) is 0 Å². The molecule has 71 heavy (non-hydrogen) atoms. The first-order chi connectivity index (χ1) is 34.9. The minimum absolute atomic E-state index is 0.260. The molecule has 0 aliphatic carbocycles. The summed E-state index contributed by atoms with van der Waals surface area (Å²) in [5.41, 5.74) is 20.6. The lowest BCUT2D eigenvalue weighted by Crippen LogP contribution is -2.14. The maximum atomic E-state index is 5.42. The molecule has 0 unspecified atom stereocenters. The fourth-order valence-corrected chi connectivity index (χ4v) is 10.3. The number of benzene rings is 10. The molecule has 2 aromatic heterocycles. The number of aromatic nitrogens is 3. The maximum absolute atomic E-state index is 5.42. The molecule has 0 N–H and O–H groups in total. The summed E-state index contributed by atoms with van der Waals surface area (Å²) in [6, 6.07) is 91.8. The zero-order valence-corrected chi connectivity index (χ0v) is 40.1. The molecule has 3 nitrogen and oxygen atoms in total. The summed E-state index contributed by atoms with van der Waals surface area (Å²) < 4.78 is 2.63. The standard InChI is InChI=1S/C68H51N3/c1-68(2,3)61-44-54(47-27-13-5-14-28-47)41-60-59-40-53(46-25-11-4-12-26-46)39-56(48-29-15-6-16-30-48)65(59)71(66(60)61)64-57(49-31-17-7-18-32-49)42-55(43-58(64)50-33-19-8-20-34-50)67-69-62(51-35-21-9-22-36-51)45-63(70-67)52-37-23-10-24-38-52/h4-45H,1-3H3. The Bertz CT molecular complexity index is 3720. The third-order valence-corrected chi connectivity index (χ3v) is 13.7. The van der Waals surface area contributed by atoms with Crippen LogP contribution in [-0.4, -0.2) is 14.5 Å². The van der Waals surface area contributed by atoms with Gasteiger partial charge in [-0.1, -0.05) is 233 Å². The molecule has 0 saturated heterocycles. The van der Waals surface area contributed by atoms with Crippen LogP contribution in [0.1, 0.15) is 26.3 Å². The second-order valence-corrected chi connectivity index (χ2v) is 19.4. The van der Waals surface area contributed by atoms with Crippen LogP contribution in [0.15, 0.2) is 255 Å². The van der Waals surface area contributed by atoms with E-state index in [0.717, 1.165) is 72.7 Å². The van der Waals surface area contributed by atoms with E-state index in [2.05, 4.69) is 280 Å². The van der Waals surface area contributed by atoms with Crippen molar-refractivity contribution in [2.75, 3.05) is 0 Å². The fraction of sp³-hybridized carbons (Fsp3) is 0.0588. The van der Waals surface area contributed by atoms with Gasteiger partial charge in [-0.05, 0) is 92.4 Å². The van der Waals surface area contributed by atoms with E-state index in [9.17, 15) is 0 Å². The second-order valence-electron chi connectivity index (χ2n) is 19.4. The van der Waals surface area contributed by atoms with Gasteiger partial charge in [0.25, 0.3) is 0 Å². The average Bonchev–Trinajstić information content (AvgIpc) is 3.77. The van der Waals surface area contributed by atoms with E-state index in [0.29, 0.717) is 5.82 Å². The summed E-state index contributed by atoms with van der Waals surface area (Å²) in [6.07, 6.45) is 0. The van der Waals surface area contributed by atoms with Crippen molar-refractivity contribution < 1.29 is 0 Å². The molecule has 2 heterocycles. The van der Waals surface area contributed by atoms with Gasteiger partial charge in [-0.15, -0.1) is 0 Å². The molecule has 0 spiro atoms. The number of hydrogen-bond donors (Lipinski definition) is 0. The molecule has 0 radical (unpaired) electrons. The van der Waals surface area contributed by atoms with Crippen LogP contribution < -0.4 is 0 Å². The summed E-state index contributed by atoms with van der Waals surface area (Å²) in [6.45, 7) is 7.06. The van der Waals surface area contributed by atoms with Crippen molar-refractivity contribution >= 4 is 21.8 Å². The smallest absolute Gasteiger partial charge is 0.160 e. The van der Waals surface area contributed by atoms with E-state index in [1.165, 1.54) is 44.1 Å². The van der Waals surface area contributed by atoms with Gasteiger partial charge in [0, 0.05) is 44.2 Å². The lowest BCUT2D eigenvalue weighted by molar-refractivity contribution is 0.594. The highest BCUT2D eigenvalue weighted by Gasteiger charge is 2.30. The van der Waals surface area contributed by atoms with Gasteiger partial charge in [-0.3, -0.25) is 0 Å². The van der Waals surface area contributed by atoms with Crippen molar-refractivity contribution in [3.05, 3.63) is 260 Å². The Labute approximate surface area is 416 Å². The van der Waals surface area contributed by atoms with Crippen LogP contribution in [0.4, 0.5) is 0 Å². The van der Waals surface area contributed by atoms with E-state index >= 15 is 0 Å². The molecule has 12 aromatic rings. The molecular formula is C68H51N3. The van der Waals surface area contributed by atoms with Gasteiger partial charge in [0.15, 0.2) is 5.82 Å². The molecule has 10 aromatic carbocycles. The van der Waals surface area contributed by atoms with E-state index in [-0.39, 0.29) is 5.41 Å². The Morgan fingerprint density at radius 2 is 0.634 bits per heavy atom. The first-order valence-corrected chi connectivity index (χ1v) is 24.5. The van der Waals surface area contributed by atoms with Gasteiger partial charge in [0.2, 0.25) is 0 Å². The predicted molar refractivity (Wildman–Crippen MR) is 299 cm³/mol. The van der Waals surface area contributed by atoms with Gasteiger partial charge in [0.1, 0.15) is 0 Å². The summed E-state index contributed by atoms with van der Waals surface area (Å²) >= 11 is 0. The Hall–Kier alpha value is -8.92. The predicted octanol–water partition coefficient (Wildman–Crippen LogP) is 18.2. The zero-order chi connectivity index (χ0) is 47.9. The van der Waals surface area contributed by atoms with Crippen LogP contribution in [0.5, 0.6) is 0 Å². The quantitative estimate of drug-likeness (QED) is 0.144. The Morgan fingerprint density at radius 1 is 0.296 bits per heavy atom. The number of nitrogens with zero attached hydrogens (tertiary/aromatic N) is 3. The van der Waals surface area contributed by atoms with Crippen LogP contribution in [0.2, 0.25) is 0 Å². The minimum Gasteiger partial charge on any atom is -0.307 e. The van der Waals surface area contributed by atoms with Crippen LogP contribution >= 0.6 is 0 Å². The zero-order valence-electron chi connectivity index (χ0n) is 40.1. The van der Waals surface area contributed by atoms with Crippen molar-refractivity contribution in [3.63, 3.8) is 0 Å². The van der Waals surface area contributed by atoms with Crippen LogP contribution in [0, 0.1) is 0 Å². The number of hydrogen-bond acceptors (Lipinski definition) is 2. The van der Waals surface area contributed by atoms with Gasteiger partial charge < -0.3 is 4.57 Å². The summed E-state index contributed by atoms with van der Waals surface area (Å²) in [5, 5.41) is 2.40. The molecule has 0 fully saturated rings.